The van der Waals surface area contributed by atoms with Gasteiger partial charge in [-0.05, 0) is 41.6 Å². The number of thioether (sulfide) groups is 1. The van der Waals surface area contributed by atoms with Gasteiger partial charge in [-0.15, -0.1) is 11.8 Å². The van der Waals surface area contributed by atoms with Crippen LogP contribution in [0.1, 0.15) is 17.2 Å². The lowest BCUT2D eigenvalue weighted by molar-refractivity contribution is 0.220. The Kier molecular flexibility index (Phi) is 4.11. The topological polar surface area (TPSA) is 20.2 Å². The summed E-state index contributed by atoms with van der Waals surface area (Å²) in [5, 5.41) is 10.9. The SMILES string of the molecule is CSc1ccc(C(O)c2cccc(Cl)c2)cc1. The molecule has 0 aromatic heterocycles. The van der Waals surface area contributed by atoms with E-state index in [-0.39, 0.29) is 0 Å². The lowest BCUT2D eigenvalue weighted by atomic mass is 10.0. The van der Waals surface area contributed by atoms with E-state index in [9.17, 15) is 5.11 Å². The van der Waals surface area contributed by atoms with Gasteiger partial charge in [-0.1, -0.05) is 35.9 Å². The summed E-state index contributed by atoms with van der Waals surface area (Å²) < 4.78 is 0. The van der Waals surface area contributed by atoms with E-state index in [1.165, 1.54) is 4.90 Å². The van der Waals surface area contributed by atoms with Gasteiger partial charge >= 0.3 is 0 Å². The van der Waals surface area contributed by atoms with Gasteiger partial charge in [0.05, 0.1) is 0 Å². The van der Waals surface area contributed by atoms with Gasteiger partial charge in [0.1, 0.15) is 6.10 Å². The molecule has 1 unspecified atom stereocenters. The Morgan fingerprint density at radius 3 is 2.35 bits per heavy atom. The van der Waals surface area contributed by atoms with Crippen LogP contribution >= 0.6 is 23.4 Å². The Morgan fingerprint density at radius 2 is 1.76 bits per heavy atom. The van der Waals surface area contributed by atoms with Crippen molar-refractivity contribution in [3.05, 3.63) is 64.7 Å². The average molecular weight is 265 g/mol. The largest absolute Gasteiger partial charge is 0.384 e. The molecule has 0 heterocycles. The molecule has 0 aliphatic heterocycles. The molecule has 0 spiro atoms. The summed E-state index contributed by atoms with van der Waals surface area (Å²) in [5.74, 6) is 0. The minimum absolute atomic E-state index is 0.621. The molecule has 1 atom stereocenters. The Balaban J connectivity index is 2.27. The lowest BCUT2D eigenvalue weighted by Crippen LogP contribution is -1.99. The standard InChI is InChI=1S/C14H13ClOS/c1-17-13-7-5-10(6-8-13)14(16)11-3-2-4-12(15)9-11/h2-9,14,16H,1H3. The second-order valence-corrected chi connectivity index (χ2v) is 5.05. The number of hydrogen-bond acceptors (Lipinski definition) is 2. The van der Waals surface area contributed by atoms with Crippen LogP contribution in [0, 0.1) is 0 Å². The summed E-state index contributed by atoms with van der Waals surface area (Å²) in [4.78, 5) is 1.19. The molecule has 88 valence electrons. The van der Waals surface area contributed by atoms with Crippen molar-refractivity contribution in [1.82, 2.24) is 0 Å². The fraction of sp³-hybridized carbons (Fsp3) is 0.143. The third-order valence-electron chi connectivity index (χ3n) is 2.60. The molecule has 0 saturated heterocycles. The smallest absolute Gasteiger partial charge is 0.104 e. The van der Waals surface area contributed by atoms with E-state index < -0.39 is 6.10 Å². The van der Waals surface area contributed by atoms with Crippen molar-refractivity contribution in [3.63, 3.8) is 0 Å². The summed E-state index contributed by atoms with van der Waals surface area (Å²) in [6.45, 7) is 0. The highest BCUT2D eigenvalue weighted by atomic mass is 35.5. The molecule has 0 bridgehead atoms. The maximum atomic E-state index is 10.2. The molecule has 0 saturated carbocycles. The first-order valence-corrected chi connectivity index (χ1v) is 6.88. The van der Waals surface area contributed by atoms with Crippen molar-refractivity contribution in [2.45, 2.75) is 11.0 Å². The minimum Gasteiger partial charge on any atom is -0.384 e. The molecular weight excluding hydrogens is 252 g/mol. The molecule has 0 aliphatic rings. The predicted molar refractivity (Wildman–Crippen MR) is 73.7 cm³/mol. The van der Waals surface area contributed by atoms with Gasteiger partial charge in [0.2, 0.25) is 0 Å². The van der Waals surface area contributed by atoms with Gasteiger partial charge in [0.15, 0.2) is 0 Å². The fourth-order valence-corrected chi connectivity index (χ4v) is 2.26. The van der Waals surface area contributed by atoms with Crippen molar-refractivity contribution in [2.24, 2.45) is 0 Å². The second-order valence-electron chi connectivity index (χ2n) is 3.73. The molecule has 0 aliphatic carbocycles. The number of rotatable bonds is 3. The van der Waals surface area contributed by atoms with E-state index in [2.05, 4.69) is 0 Å². The zero-order valence-electron chi connectivity index (χ0n) is 9.43. The third kappa shape index (κ3) is 3.03. The summed E-state index contributed by atoms with van der Waals surface area (Å²) >= 11 is 7.59. The highest BCUT2D eigenvalue weighted by molar-refractivity contribution is 7.98. The molecule has 0 radical (unpaired) electrons. The van der Waals surface area contributed by atoms with Gasteiger partial charge in [0, 0.05) is 9.92 Å². The van der Waals surface area contributed by atoms with Crippen molar-refractivity contribution in [3.8, 4) is 0 Å². The molecule has 17 heavy (non-hydrogen) atoms. The van der Waals surface area contributed by atoms with Gasteiger partial charge in [-0.25, -0.2) is 0 Å². The van der Waals surface area contributed by atoms with E-state index in [4.69, 9.17) is 11.6 Å². The molecular formula is C14H13ClOS. The van der Waals surface area contributed by atoms with Crippen LogP contribution in [0.3, 0.4) is 0 Å². The third-order valence-corrected chi connectivity index (χ3v) is 3.57. The summed E-state index contributed by atoms with van der Waals surface area (Å²) in [6, 6.07) is 15.2. The molecule has 2 aromatic rings. The van der Waals surface area contributed by atoms with Gasteiger partial charge in [-0.3, -0.25) is 0 Å². The van der Waals surface area contributed by atoms with Crippen LogP contribution in [0.5, 0.6) is 0 Å². The van der Waals surface area contributed by atoms with Crippen LogP contribution in [0.4, 0.5) is 0 Å². The monoisotopic (exact) mass is 264 g/mol. The lowest BCUT2D eigenvalue weighted by Gasteiger charge is -2.12. The van der Waals surface area contributed by atoms with E-state index in [1.54, 1.807) is 23.9 Å². The summed E-state index contributed by atoms with van der Waals surface area (Å²) in [6.07, 6.45) is 1.41. The highest BCUT2D eigenvalue weighted by Crippen LogP contribution is 2.25. The van der Waals surface area contributed by atoms with Crippen LogP contribution in [-0.4, -0.2) is 11.4 Å². The zero-order valence-corrected chi connectivity index (χ0v) is 11.0. The zero-order chi connectivity index (χ0) is 12.3. The first kappa shape index (κ1) is 12.5. The first-order chi connectivity index (χ1) is 8.20. The van der Waals surface area contributed by atoms with Crippen LogP contribution in [-0.2, 0) is 0 Å². The maximum absolute atomic E-state index is 10.2. The van der Waals surface area contributed by atoms with E-state index in [0.29, 0.717) is 5.02 Å². The van der Waals surface area contributed by atoms with Crippen LogP contribution in [0.15, 0.2) is 53.4 Å². The van der Waals surface area contributed by atoms with Crippen LogP contribution in [0.25, 0.3) is 0 Å². The van der Waals surface area contributed by atoms with Crippen LogP contribution in [0.2, 0.25) is 5.02 Å². The normalized spacial score (nSPS) is 12.4. The number of benzene rings is 2. The fourth-order valence-electron chi connectivity index (χ4n) is 1.66. The van der Waals surface area contributed by atoms with Gasteiger partial charge < -0.3 is 5.11 Å². The quantitative estimate of drug-likeness (QED) is 0.841. The summed E-state index contributed by atoms with van der Waals surface area (Å²) in [7, 11) is 0. The number of aliphatic hydroxyl groups excluding tert-OH is 1. The molecule has 1 N–H and O–H groups in total. The van der Waals surface area contributed by atoms with Crippen molar-refractivity contribution >= 4 is 23.4 Å². The van der Waals surface area contributed by atoms with E-state index in [1.807, 2.05) is 42.7 Å². The van der Waals surface area contributed by atoms with Crippen molar-refractivity contribution < 1.29 is 5.11 Å². The Morgan fingerprint density at radius 1 is 1.06 bits per heavy atom. The molecule has 1 nitrogen and oxygen atoms in total. The number of hydrogen-bond donors (Lipinski definition) is 1. The second kappa shape index (κ2) is 5.58. The number of halogens is 1. The first-order valence-electron chi connectivity index (χ1n) is 5.28. The van der Waals surface area contributed by atoms with Gasteiger partial charge in [-0.2, -0.15) is 0 Å². The van der Waals surface area contributed by atoms with Gasteiger partial charge in [0.25, 0.3) is 0 Å². The van der Waals surface area contributed by atoms with E-state index in [0.717, 1.165) is 11.1 Å². The Labute approximate surface area is 110 Å². The Bertz CT molecular complexity index is 496. The molecule has 0 amide bonds. The molecule has 0 fully saturated rings. The minimum atomic E-state index is -0.621. The highest BCUT2D eigenvalue weighted by Gasteiger charge is 2.10. The molecule has 2 aromatic carbocycles. The van der Waals surface area contributed by atoms with Crippen molar-refractivity contribution in [2.75, 3.05) is 6.26 Å². The van der Waals surface area contributed by atoms with E-state index >= 15 is 0 Å². The summed E-state index contributed by atoms with van der Waals surface area (Å²) in [5.41, 5.74) is 1.69. The average Bonchev–Trinajstić information content (AvgIpc) is 2.38. The predicted octanol–water partition coefficient (Wildman–Crippen LogP) is 4.14. The molecule has 2 rings (SSSR count). The van der Waals surface area contributed by atoms with Crippen molar-refractivity contribution in [1.29, 1.82) is 0 Å². The Hall–Kier alpha value is -0.960. The molecule has 3 heteroatoms. The van der Waals surface area contributed by atoms with Crippen LogP contribution < -0.4 is 0 Å². The number of aliphatic hydroxyl groups is 1. The maximum Gasteiger partial charge on any atom is 0.104 e.